The Morgan fingerprint density at radius 1 is 1.12 bits per heavy atom. The minimum atomic E-state index is -0.531. The molecule has 0 aromatic carbocycles. The summed E-state index contributed by atoms with van der Waals surface area (Å²) in [5.74, 6) is -0.109. The van der Waals surface area contributed by atoms with Gasteiger partial charge in [-0.2, -0.15) is 4.39 Å². The van der Waals surface area contributed by atoms with Gasteiger partial charge in [-0.05, 0) is 31.2 Å². The lowest BCUT2D eigenvalue weighted by molar-refractivity contribution is 0.584. The molecule has 3 heterocycles. The summed E-state index contributed by atoms with van der Waals surface area (Å²) in [6.45, 7) is 1.89. The molecule has 5 heteroatoms. The molecule has 0 aliphatic carbocycles. The summed E-state index contributed by atoms with van der Waals surface area (Å²) < 4.78 is 14.7. The Morgan fingerprint density at radius 2 is 2.00 bits per heavy atom. The fourth-order valence-corrected chi connectivity index (χ4v) is 1.73. The lowest BCUT2D eigenvalue weighted by Crippen LogP contribution is -2.01. The summed E-state index contributed by atoms with van der Waals surface area (Å²) in [7, 11) is 0. The fraction of sp³-hybridized carbons (Fsp3) is 0.0833. The number of fused-ring (bicyclic) bond motifs is 1. The fourth-order valence-electron chi connectivity index (χ4n) is 1.73. The standard InChI is InChI=1S/C12H9FN4/c1-8-10-5-3-7-17(10)16-12(14-8)9-4-2-6-11(13)15-9/h2-7H,1H3. The number of nitrogens with zero attached hydrogens (tertiary/aromatic N) is 4. The first-order valence-electron chi connectivity index (χ1n) is 5.19. The van der Waals surface area contributed by atoms with Crippen LogP contribution in [0.2, 0.25) is 0 Å². The highest BCUT2D eigenvalue weighted by molar-refractivity contribution is 5.55. The molecule has 0 aliphatic heterocycles. The van der Waals surface area contributed by atoms with E-state index >= 15 is 0 Å². The van der Waals surface area contributed by atoms with Crippen molar-refractivity contribution >= 4 is 5.52 Å². The normalized spacial score (nSPS) is 10.9. The van der Waals surface area contributed by atoms with Gasteiger partial charge < -0.3 is 0 Å². The molecule has 0 unspecified atom stereocenters. The number of hydrogen-bond acceptors (Lipinski definition) is 3. The van der Waals surface area contributed by atoms with Crippen LogP contribution >= 0.6 is 0 Å². The third kappa shape index (κ3) is 1.65. The molecule has 84 valence electrons. The quantitative estimate of drug-likeness (QED) is 0.600. The topological polar surface area (TPSA) is 43.1 Å². The van der Waals surface area contributed by atoms with Crippen molar-refractivity contribution in [3.05, 3.63) is 48.2 Å². The first kappa shape index (κ1) is 9.89. The molecule has 0 aliphatic rings. The molecule has 3 rings (SSSR count). The van der Waals surface area contributed by atoms with Gasteiger partial charge in [0.1, 0.15) is 5.69 Å². The Morgan fingerprint density at radius 3 is 2.82 bits per heavy atom. The molecule has 0 saturated carbocycles. The van der Waals surface area contributed by atoms with Crippen LogP contribution < -0.4 is 0 Å². The number of halogens is 1. The van der Waals surface area contributed by atoms with E-state index in [4.69, 9.17) is 0 Å². The molecule has 0 atom stereocenters. The first-order chi connectivity index (χ1) is 8.24. The maximum Gasteiger partial charge on any atom is 0.213 e. The van der Waals surface area contributed by atoms with E-state index in [-0.39, 0.29) is 0 Å². The molecule has 0 radical (unpaired) electrons. The molecule has 0 N–H and O–H groups in total. The third-order valence-electron chi connectivity index (χ3n) is 2.52. The van der Waals surface area contributed by atoms with Crippen molar-refractivity contribution in [3.63, 3.8) is 0 Å². The van der Waals surface area contributed by atoms with Gasteiger partial charge in [0, 0.05) is 6.20 Å². The van der Waals surface area contributed by atoms with Crippen LogP contribution in [0, 0.1) is 12.9 Å². The molecule has 0 bridgehead atoms. The maximum absolute atomic E-state index is 13.0. The van der Waals surface area contributed by atoms with E-state index in [2.05, 4.69) is 15.1 Å². The second-order valence-electron chi connectivity index (χ2n) is 3.70. The van der Waals surface area contributed by atoms with E-state index in [1.54, 1.807) is 16.6 Å². The predicted molar refractivity (Wildman–Crippen MR) is 60.9 cm³/mol. The van der Waals surface area contributed by atoms with Gasteiger partial charge >= 0.3 is 0 Å². The van der Waals surface area contributed by atoms with E-state index in [9.17, 15) is 4.39 Å². The lowest BCUT2D eigenvalue weighted by Gasteiger charge is -2.03. The SMILES string of the molecule is Cc1nc(-c2cccc(F)n2)nn2cccc12. The van der Waals surface area contributed by atoms with Crippen molar-refractivity contribution in [3.8, 4) is 11.5 Å². The van der Waals surface area contributed by atoms with E-state index in [1.165, 1.54) is 6.07 Å². The van der Waals surface area contributed by atoms with Crippen molar-refractivity contribution in [2.75, 3.05) is 0 Å². The van der Waals surface area contributed by atoms with Crippen LogP contribution in [-0.4, -0.2) is 19.6 Å². The summed E-state index contributed by atoms with van der Waals surface area (Å²) in [6.07, 6.45) is 1.83. The first-order valence-corrected chi connectivity index (χ1v) is 5.19. The highest BCUT2D eigenvalue weighted by atomic mass is 19.1. The number of hydrogen-bond donors (Lipinski definition) is 0. The van der Waals surface area contributed by atoms with Crippen LogP contribution in [0.15, 0.2) is 36.5 Å². The van der Waals surface area contributed by atoms with Gasteiger partial charge in [0.15, 0.2) is 5.82 Å². The number of aromatic nitrogens is 4. The zero-order valence-electron chi connectivity index (χ0n) is 9.13. The summed E-state index contributed by atoms with van der Waals surface area (Å²) in [6, 6.07) is 8.39. The van der Waals surface area contributed by atoms with Gasteiger partial charge in [-0.25, -0.2) is 14.5 Å². The molecule has 17 heavy (non-hydrogen) atoms. The lowest BCUT2D eigenvalue weighted by atomic mass is 10.3. The van der Waals surface area contributed by atoms with Crippen molar-refractivity contribution in [2.24, 2.45) is 0 Å². The molecule has 0 saturated heterocycles. The molecule has 0 fully saturated rings. The smallest absolute Gasteiger partial charge is 0.213 e. The Hall–Kier alpha value is -2.30. The van der Waals surface area contributed by atoms with Crippen LogP contribution in [0.25, 0.3) is 17.0 Å². The largest absolute Gasteiger partial charge is 0.237 e. The van der Waals surface area contributed by atoms with Crippen LogP contribution in [0.5, 0.6) is 0 Å². The van der Waals surface area contributed by atoms with E-state index in [0.717, 1.165) is 11.2 Å². The Kier molecular flexibility index (Phi) is 2.11. The Labute approximate surface area is 96.8 Å². The Balaban J connectivity index is 2.23. The monoisotopic (exact) mass is 228 g/mol. The average molecular weight is 228 g/mol. The maximum atomic E-state index is 13.0. The zero-order chi connectivity index (χ0) is 11.8. The summed E-state index contributed by atoms with van der Waals surface area (Å²) in [4.78, 5) is 8.09. The molecule has 4 nitrogen and oxygen atoms in total. The van der Waals surface area contributed by atoms with Gasteiger partial charge in [0.2, 0.25) is 5.95 Å². The second kappa shape index (κ2) is 3.62. The van der Waals surface area contributed by atoms with Crippen LogP contribution in [0.4, 0.5) is 4.39 Å². The highest BCUT2D eigenvalue weighted by Gasteiger charge is 2.08. The number of aryl methyl sites for hydroxylation is 1. The van der Waals surface area contributed by atoms with E-state index in [1.807, 2.05) is 25.3 Å². The molecule has 3 aromatic rings. The van der Waals surface area contributed by atoms with Gasteiger partial charge in [0.05, 0.1) is 11.2 Å². The third-order valence-corrected chi connectivity index (χ3v) is 2.52. The van der Waals surface area contributed by atoms with Crippen molar-refractivity contribution < 1.29 is 4.39 Å². The Bertz CT molecular complexity index is 690. The average Bonchev–Trinajstić information content (AvgIpc) is 2.77. The van der Waals surface area contributed by atoms with Gasteiger partial charge in [-0.3, -0.25) is 0 Å². The summed E-state index contributed by atoms with van der Waals surface area (Å²) in [5, 5.41) is 4.28. The van der Waals surface area contributed by atoms with Crippen LogP contribution in [-0.2, 0) is 0 Å². The van der Waals surface area contributed by atoms with Crippen LogP contribution in [0.3, 0.4) is 0 Å². The molecule has 0 spiro atoms. The minimum absolute atomic E-state index is 0.422. The molecular weight excluding hydrogens is 219 g/mol. The highest BCUT2D eigenvalue weighted by Crippen LogP contribution is 2.15. The van der Waals surface area contributed by atoms with Crippen molar-refractivity contribution in [2.45, 2.75) is 6.92 Å². The number of pyridine rings is 1. The zero-order valence-corrected chi connectivity index (χ0v) is 9.13. The molecule has 3 aromatic heterocycles. The second-order valence-corrected chi connectivity index (χ2v) is 3.70. The molecule has 0 amide bonds. The minimum Gasteiger partial charge on any atom is -0.237 e. The van der Waals surface area contributed by atoms with Gasteiger partial charge in [-0.15, -0.1) is 5.10 Å². The van der Waals surface area contributed by atoms with Crippen LogP contribution in [0.1, 0.15) is 5.69 Å². The van der Waals surface area contributed by atoms with E-state index in [0.29, 0.717) is 11.5 Å². The summed E-state index contributed by atoms with van der Waals surface area (Å²) in [5.41, 5.74) is 2.21. The van der Waals surface area contributed by atoms with Gasteiger partial charge in [-0.1, -0.05) is 6.07 Å². The predicted octanol–water partition coefficient (Wildman–Crippen LogP) is 2.24. The summed E-state index contributed by atoms with van der Waals surface area (Å²) >= 11 is 0. The van der Waals surface area contributed by atoms with Crippen molar-refractivity contribution in [1.29, 1.82) is 0 Å². The van der Waals surface area contributed by atoms with E-state index < -0.39 is 5.95 Å². The number of rotatable bonds is 1. The van der Waals surface area contributed by atoms with Gasteiger partial charge in [0.25, 0.3) is 0 Å². The molecular formula is C12H9FN4. The van der Waals surface area contributed by atoms with Crippen molar-refractivity contribution in [1.82, 2.24) is 19.6 Å².